The van der Waals surface area contributed by atoms with Gasteiger partial charge in [0.2, 0.25) is 0 Å². The minimum atomic E-state index is -0.183. The molecule has 0 fully saturated rings. The van der Waals surface area contributed by atoms with Crippen LogP contribution < -0.4 is 11.1 Å². The first-order valence-electron chi connectivity index (χ1n) is 8.89. The van der Waals surface area contributed by atoms with E-state index in [4.69, 9.17) is 16.0 Å². The molecular weight excluding hydrogens is 444 g/mol. The fourth-order valence-electron chi connectivity index (χ4n) is 3.08. The summed E-state index contributed by atoms with van der Waals surface area (Å²) in [4.78, 5) is 35.2. The summed E-state index contributed by atoms with van der Waals surface area (Å²) < 4.78 is 8.49. The van der Waals surface area contributed by atoms with Gasteiger partial charge in [0.15, 0.2) is 10.1 Å². The molecule has 0 unspecified atom stereocenters. The molecule has 0 aliphatic carbocycles. The quantitative estimate of drug-likeness (QED) is 0.293. The number of fused-ring (bicyclic) bond motifs is 2. The topological polar surface area (TPSA) is 82.4 Å². The van der Waals surface area contributed by atoms with E-state index in [2.05, 4.69) is 9.97 Å². The van der Waals surface area contributed by atoms with Crippen molar-refractivity contribution >= 4 is 50.6 Å². The van der Waals surface area contributed by atoms with Crippen molar-refractivity contribution in [1.82, 2.24) is 18.9 Å². The van der Waals surface area contributed by atoms with Gasteiger partial charge < -0.3 is 4.42 Å². The van der Waals surface area contributed by atoms with Gasteiger partial charge in [0.1, 0.15) is 5.76 Å². The van der Waals surface area contributed by atoms with Crippen LogP contribution in [0.3, 0.4) is 0 Å². The Morgan fingerprint density at radius 2 is 2.07 bits per heavy atom. The molecule has 5 aromatic rings. The van der Waals surface area contributed by atoms with Crippen molar-refractivity contribution in [3.8, 4) is 0 Å². The molecular formula is C20H13ClN4O3S2. The van der Waals surface area contributed by atoms with Crippen molar-refractivity contribution < 1.29 is 4.42 Å². The van der Waals surface area contributed by atoms with Crippen LogP contribution in [0.15, 0.2) is 73.4 Å². The number of hydrogen-bond donors (Lipinski definition) is 0. The predicted molar refractivity (Wildman–Crippen MR) is 118 cm³/mol. The maximum Gasteiger partial charge on any atom is 0.262 e. The summed E-state index contributed by atoms with van der Waals surface area (Å²) in [6, 6.07) is 10.1. The Hall–Kier alpha value is -2.88. The lowest BCUT2D eigenvalue weighted by Gasteiger charge is -2.12. The number of benzene rings is 1. The second-order valence-electron chi connectivity index (χ2n) is 6.46. The maximum absolute atomic E-state index is 13.1. The summed E-state index contributed by atoms with van der Waals surface area (Å²) in [6.45, 7) is 0.250. The molecule has 5 rings (SSSR count). The highest BCUT2D eigenvalue weighted by Gasteiger charge is 2.15. The number of aromatic nitrogens is 4. The number of furan rings is 1. The summed E-state index contributed by atoms with van der Waals surface area (Å²) in [5.74, 6) is 1.03. The second-order valence-corrected chi connectivity index (χ2v) is 8.71. The fraction of sp³-hybridized carbons (Fsp3) is 0.100. The molecule has 1 aromatic carbocycles. The number of halogens is 1. The van der Waals surface area contributed by atoms with Crippen LogP contribution in [-0.2, 0) is 12.3 Å². The van der Waals surface area contributed by atoms with E-state index in [0.717, 1.165) is 0 Å². The van der Waals surface area contributed by atoms with Gasteiger partial charge in [-0.1, -0.05) is 23.4 Å². The van der Waals surface area contributed by atoms with Crippen LogP contribution in [-0.4, -0.2) is 18.9 Å². The molecule has 0 atom stereocenters. The van der Waals surface area contributed by atoms with Gasteiger partial charge in [-0.25, -0.2) is 9.97 Å². The number of thioether (sulfide) groups is 1. The van der Waals surface area contributed by atoms with Crippen LogP contribution in [0.4, 0.5) is 0 Å². The van der Waals surface area contributed by atoms with Crippen molar-refractivity contribution in [3.05, 3.63) is 91.4 Å². The molecule has 0 N–H and O–H groups in total. The summed E-state index contributed by atoms with van der Waals surface area (Å²) in [7, 11) is 0. The van der Waals surface area contributed by atoms with Crippen molar-refractivity contribution in [2.45, 2.75) is 17.5 Å². The van der Waals surface area contributed by atoms with Gasteiger partial charge >= 0.3 is 0 Å². The molecule has 30 heavy (non-hydrogen) atoms. The lowest BCUT2D eigenvalue weighted by atomic mass is 10.2. The lowest BCUT2D eigenvalue weighted by molar-refractivity contribution is 0.476. The largest absolute Gasteiger partial charge is 0.467 e. The fourth-order valence-corrected chi connectivity index (χ4v) is 4.88. The molecule has 4 aromatic heterocycles. The molecule has 10 heteroatoms. The Balaban J connectivity index is 1.57. The molecule has 0 saturated heterocycles. The van der Waals surface area contributed by atoms with Crippen LogP contribution in [0, 0.1) is 0 Å². The van der Waals surface area contributed by atoms with E-state index in [9.17, 15) is 9.59 Å². The van der Waals surface area contributed by atoms with E-state index in [1.807, 2.05) is 5.38 Å². The summed E-state index contributed by atoms with van der Waals surface area (Å²) >= 11 is 8.83. The molecule has 0 bridgehead atoms. The van der Waals surface area contributed by atoms with E-state index in [0.29, 0.717) is 43.2 Å². The lowest BCUT2D eigenvalue weighted by Crippen LogP contribution is -2.24. The standard InChI is InChI=1S/C20H13ClN4O3S2/c21-12-3-4-15-16(8-12)23-20(25(18(15)27)10-14-2-1-6-28-14)30-11-13-9-17(26)24-5-7-29-19(24)22-13/h1-9H,10-11H2. The highest BCUT2D eigenvalue weighted by Crippen LogP contribution is 2.24. The maximum atomic E-state index is 13.1. The van der Waals surface area contributed by atoms with E-state index >= 15 is 0 Å². The van der Waals surface area contributed by atoms with Crippen LogP contribution >= 0.6 is 34.7 Å². The van der Waals surface area contributed by atoms with Crippen molar-refractivity contribution in [2.75, 3.05) is 0 Å². The molecule has 0 saturated carbocycles. The van der Waals surface area contributed by atoms with Crippen molar-refractivity contribution in [1.29, 1.82) is 0 Å². The van der Waals surface area contributed by atoms with Gasteiger partial charge in [-0.05, 0) is 30.3 Å². The monoisotopic (exact) mass is 456 g/mol. The van der Waals surface area contributed by atoms with Crippen molar-refractivity contribution in [3.63, 3.8) is 0 Å². The highest BCUT2D eigenvalue weighted by molar-refractivity contribution is 7.98. The molecule has 0 spiro atoms. The van der Waals surface area contributed by atoms with Gasteiger partial charge in [0, 0.05) is 28.4 Å². The first kappa shape index (κ1) is 19.1. The van der Waals surface area contributed by atoms with E-state index < -0.39 is 0 Å². The Kier molecular flexibility index (Phi) is 4.93. The minimum absolute atomic E-state index is 0.136. The third-order valence-corrected chi connectivity index (χ3v) is 6.48. The predicted octanol–water partition coefficient (Wildman–Crippen LogP) is 4.05. The summed E-state index contributed by atoms with van der Waals surface area (Å²) in [5.41, 5.74) is 0.824. The average Bonchev–Trinajstić information content (AvgIpc) is 3.40. The van der Waals surface area contributed by atoms with Gasteiger partial charge in [0.05, 0.1) is 29.4 Å². The van der Waals surface area contributed by atoms with Gasteiger partial charge in [-0.2, -0.15) is 0 Å². The van der Waals surface area contributed by atoms with Crippen molar-refractivity contribution in [2.24, 2.45) is 0 Å². The molecule has 0 aliphatic rings. The molecule has 0 radical (unpaired) electrons. The van der Waals surface area contributed by atoms with E-state index in [1.165, 1.54) is 33.6 Å². The Morgan fingerprint density at radius 1 is 1.17 bits per heavy atom. The number of hydrogen-bond acceptors (Lipinski definition) is 7. The SMILES string of the molecule is O=c1c2ccc(Cl)cc2nc(SCc2cc(=O)n3ccsc3n2)n1Cc1ccco1. The zero-order chi connectivity index (χ0) is 20.7. The number of thiazole rings is 1. The zero-order valence-electron chi connectivity index (χ0n) is 15.3. The number of rotatable bonds is 5. The molecule has 4 heterocycles. The Bertz CT molecular complexity index is 1490. The van der Waals surface area contributed by atoms with Crippen LogP contribution in [0.1, 0.15) is 11.5 Å². The van der Waals surface area contributed by atoms with Crippen LogP contribution in [0.5, 0.6) is 0 Å². The van der Waals surface area contributed by atoms with Crippen LogP contribution in [0.2, 0.25) is 5.02 Å². The summed E-state index contributed by atoms with van der Waals surface area (Å²) in [6.07, 6.45) is 3.26. The Labute approximate surface area is 182 Å². The first-order valence-corrected chi connectivity index (χ1v) is 11.1. The van der Waals surface area contributed by atoms with E-state index in [-0.39, 0.29) is 17.7 Å². The van der Waals surface area contributed by atoms with E-state index in [1.54, 1.807) is 47.4 Å². The van der Waals surface area contributed by atoms with Gasteiger partial charge in [-0.15, -0.1) is 11.3 Å². The molecule has 0 amide bonds. The zero-order valence-corrected chi connectivity index (χ0v) is 17.7. The first-order chi connectivity index (χ1) is 14.6. The van der Waals surface area contributed by atoms with Gasteiger partial charge in [0.25, 0.3) is 11.1 Å². The molecule has 7 nitrogen and oxygen atoms in total. The number of nitrogens with zero attached hydrogens (tertiary/aromatic N) is 4. The third-order valence-electron chi connectivity index (χ3n) is 4.48. The third kappa shape index (κ3) is 3.55. The van der Waals surface area contributed by atoms with Crippen LogP contribution in [0.25, 0.3) is 15.9 Å². The molecule has 150 valence electrons. The highest BCUT2D eigenvalue weighted by atomic mass is 35.5. The second kappa shape index (κ2) is 7.75. The Morgan fingerprint density at radius 3 is 2.90 bits per heavy atom. The minimum Gasteiger partial charge on any atom is -0.467 e. The summed E-state index contributed by atoms with van der Waals surface area (Å²) in [5, 5.41) is 3.30. The smallest absolute Gasteiger partial charge is 0.262 e. The molecule has 0 aliphatic heterocycles. The average molecular weight is 457 g/mol. The van der Waals surface area contributed by atoms with Gasteiger partial charge in [-0.3, -0.25) is 18.6 Å². The normalized spacial score (nSPS) is 11.5.